The fourth-order valence-corrected chi connectivity index (χ4v) is 2.73. The topological polar surface area (TPSA) is 0 Å². The molecule has 0 aliphatic heterocycles. The van der Waals surface area contributed by atoms with Crippen LogP contribution in [0.4, 0.5) is 0 Å². The molecule has 0 nitrogen and oxygen atoms in total. The molecule has 0 bridgehead atoms. The summed E-state index contributed by atoms with van der Waals surface area (Å²) >= 11 is 0. The average Bonchev–Trinajstić information content (AvgIpc) is 2.45. The molecule has 0 radical (unpaired) electrons. The minimum absolute atomic E-state index is 0.731. The lowest BCUT2D eigenvalue weighted by Crippen LogP contribution is -2.05. The third-order valence-electron chi connectivity index (χ3n) is 3.79. The molecular weight excluding hydrogens is 216 g/mol. The highest BCUT2D eigenvalue weighted by Crippen LogP contribution is 2.33. The van der Waals surface area contributed by atoms with Crippen LogP contribution in [0.5, 0.6) is 0 Å². The summed E-state index contributed by atoms with van der Waals surface area (Å²) in [6.45, 7) is 2.28. The molecule has 0 amide bonds. The van der Waals surface area contributed by atoms with Gasteiger partial charge in [-0.15, -0.1) is 0 Å². The molecule has 0 heterocycles. The van der Waals surface area contributed by atoms with Gasteiger partial charge in [-0.3, -0.25) is 0 Å². The van der Waals surface area contributed by atoms with Crippen LogP contribution < -0.4 is 0 Å². The van der Waals surface area contributed by atoms with Gasteiger partial charge in [0.2, 0.25) is 0 Å². The summed E-state index contributed by atoms with van der Waals surface area (Å²) in [6.07, 6.45) is 14.9. The predicted molar refractivity (Wildman–Crippen MR) is 80.4 cm³/mol. The van der Waals surface area contributed by atoms with Crippen molar-refractivity contribution in [2.75, 3.05) is 0 Å². The maximum atomic E-state index is 2.32. The van der Waals surface area contributed by atoms with Gasteiger partial charge < -0.3 is 0 Å². The maximum absolute atomic E-state index is 2.32. The van der Waals surface area contributed by atoms with Crippen LogP contribution in [-0.2, 0) is 0 Å². The standard InChI is InChI=1S/C18H24/c1-2-3-4-6-11-17-14-9-10-15-18(17)16-12-7-5-8-13-16/h5,7-10,12-13,15,17H,2-4,6,11,14H2,1H3. The zero-order chi connectivity index (χ0) is 12.6. The van der Waals surface area contributed by atoms with Crippen molar-refractivity contribution >= 4 is 5.57 Å². The van der Waals surface area contributed by atoms with Crippen LogP contribution in [0, 0.1) is 5.92 Å². The number of rotatable bonds is 6. The molecular formula is C18H24. The molecule has 1 aliphatic rings. The van der Waals surface area contributed by atoms with Crippen LogP contribution in [0.15, 0.2) is 48.6 Å². The normalized spacial score (nSPS) is 18.7. The van der Waals surface area contributed by atoms with Gasteiger partial charge in [0.05, 0.1) is 0 Å². The second kappa shape index (κ2) is 7.20. The Balaban J connectivity index is 1.98. The van der Waals surface area contributed by atoms with E-state index in [1.165, 1.54) is 49.7 Å². The Bertz CT molecular complexity index is 397. The van der Waals surface area contributed by atoms with E-state index in [9.17, 15) is 0 Å². The van der Waals surface area contributed by atoms with E-state index in [1.807, 2.05) is 0 Å². The van der Waals surface area contributed by atoms with Gasteiger partial charge >= 0.3 is 0 Å². The molecule has 0 spiro atoms. The molecule has 1 atom stereocenters. The van der Waals surface area contributed by atoms with Gasteiger partial charge in [-0.2, -0.15) is 0 Å². The molecule has 96 valence electrons. The highest BCUT2D eigenvalue weighted by molar-refractivity contribution is 5.70. The van der Waals surface area contributed by atoms with E-state index in [1.54, 1.807) is 0 Å². The molecule has 0 fully saturated rings. The smallest absolute Gasteiger partial charge is 0.0121 e. The first kappa shape index (κ1) is 13.1. The van der Waals surface area contributed by atoms with E-state index >= 15 is 0 Å². The molecule has 0 N–H and O–H groups in total. The van der Waals surface area contributed by atoms with Crippen LogP contribution in [0.2, 0.25) is 0 Å². The first-order valence-corrected chi connectivity index (χ1v) is 7.34. The van der Waals surface area contributed by atoms with Crippen molar-refractivity contribution in [3.8, 4) is 0 Å². The van der Waals surface area contributed by atoms with E-state index in [2.05, 4.69) is 55.5 Å². The Morgan fingerprint density at radius 2 is 1.89 bits per heavy atom. The van der Waals surface area contributed by atoms with Crippen LogP contribution >= 0.6 is 0 Å². The van der Waals surface area contributed by atoms with Crippen molar-refractivity contribution in [2.45, 2.75) is 45.4 Å². The Morgan fingerprint density at radius 1 is 1.06 bits per heavy atom. The fraction of sp³-hybridized carbons (Fsp3) is 0.444. The minimum atomic E-state index is 0.731. The van der Waals surface area contributed by atoms with Gasteiger partial charge in [-0.05, 0) is 29.9 Å². The zero-order valence-corrected chi connectivity index (χ0v) is 11.4. The number of hydrogen-bond donors (Lipinski definition) is 0. The van der Waals surface area contributed by atoms with Crippen LogP contribution in [0.1, 0.15) is 51.0 Å². The largest absolute Gasteiger partial charge is 0.0839 e. The van der Waals surface area contributed by atoms with E-state index in [0.29, 0.717) is 0 Å². The Hall–Kier alpha value is -1.30. The van der Waals surface area contributed by atoms with E-state index in [-0.39, 0.29) is 0 Å². The van der Waals surface area contributed by atoms with E-state index < -0.39 is 0 Å². The van der Waals surface area contributed by atoms with E-state index in [4.69, 9.17) is 0 Å². The average molecular weight is 240 g/mol. The summed E-state index contributed by atoms with van der Waals surface area (Å²) in [5.41, 5.74) is 2.94. The summed E-state index contributed by atoms with van der Waals surface area (Å²) in [5.74, 6) is 0.731. The number of hydrogen-bond acceptors (Lipinski definition) is 0. The van der Waals surface area contributed by atoms with Gasteiger partial charge in [0, 0.05) is 0 Å². The summed E-state index contributed by atoms with van der Waals surface area (Å²) in [5, 5.41) is 0. The van der Waals surface area contributed by atoms with Gasteiger partial charge in [-0.25, -0.2) is 0 Å². The molecule has 1 aliphatic carbocycles. The highest BCUT2D eigenvalue weighted by Gasteiger charge is 2.16. The predicted octanol–water partition coefficient (Wildman–Crippen LogP) is 5.62. The van der Waals surface area contributed by atoms with Crippen LogP contribution in [0.3, 0.4) is 0 Å². The van der Waals surface area contributed by atoms with Crippen molar-refractivity contribution in [3.63, 3.8) is 0 Å². The van der Waals surface area contributed by atoms with Crippen molar-refractivity contribution in [2.24, 2.45) is 5.92 Å². The van der Waals surface area contributed by atoms with Crippen LogP contribution in [-0.4, -0.2) is 0 Å². The first-order valence-electron chi connectivity index (χ1n) is 7.34. The molecule has 0 saturated heterocycles. The molecule has 0 heteroatoms. The third kappa shape index (κ3) is 3.60. The second-order valence-corrected chi connectivity index (χ2v) is 5.20. The molecule has 18 heavy (non-hydrogen) atoms. The van der Waals surface area contributed by atoms with E-state index in [0.717, 1.165) is 5.92 Å². The van der Waals surface area contributed by atoms with Gasteiger partial charge in [0.15, 0.2) is 0 Å². The lowest BCUT2D eigenvalue weighted by molar-refractivity contribution is 0.542. The molecule has 1 aromatic carbocycles. The summed E-state index contributed by atoms with van der Waals surface area (Å²) in [4.78, 5) is 0. The van der Waals surface area contributed by atoms with Crippen molar-refractivity contribution in [3.05, 3.63) is 54.1 Å². The number of benzene rings is 1. The van der Waals surface area contributed by atoms with Gasteiger partial charge in [0.1, 0.15) is 0 Å². The molecule has 0 saturated carbocycles. The number of unbranched alkanes of at least 4 members (excludes halogenated alkanes) is 3. The van der Waals surface area contributed by atoms with Gasteiger partial charge in [0.25, 0.3) is 0 Å². The third-order valence-corrected chi connectivity index (χ3v) is 3.79. The second-order valence-electron chi connectivity index (χ2n) is 5.20. The van der Waals surface area contributed by atoms with Gasteiger partial charge in [-0.1, -0.05) is 81.2 Å². The Morgan fingerprint density at radius 3 is 2.67 bits per heavy atom. The van der Waals surface area contributed by atoms with Crippen molar-refractivity contribution < 1.29 is 0 Å². The molecule has 1 unspecified atom stereocenters. The Kier molecular flexibility index (Phi) is 5.26. The molecule has 0 aromatic heterocycles. The fourth-order valence-electron chi connectivity index (χ4n) is 2.73. The van der Waals surface area contributed by atoms with Crippen LogP contribution in [0.25, 0.3) is 5.57 Å². The Labute approximate surface area is 111 Å². The quantitative estimate of drug-likeness (QED) is 0.566. The zero-order valence-electron chi connectivity index (χ0n) is 11.4. The summed E-state index contributed by atoms with van der Waals surface area (Å²) in [6, 6.07) is 10.9. The maximum Gasteiger partial charge on any atom is -0.0121 e. The number of allylic oxidation sites excluding steroid dienone is 4. The monoisotopic (exact) mass is 240 g/mol. The lowest BCUT2D eigenvalue weighted by Gasteiger charge is -2.22. The minimum Gasteiger partial charge on any atom is -0.0839 e. The molecule has 2 rings (SSSR count). The summed E-state index contributed by atoms with van der Waals surface area (Å²) < 4.78 is 0. The molecule has 1 aromatic rings. The van der Waals surface area contributed by atoms with Crippen molar-refractivity contribution in [1.29, 1.82) is 0 Å². The summed E-state index contributed by atoms with van der Waals surface area (Å²) in [7, 11) is 0. The lowest BCUT2D eigenvalue weighted by atomic mass is 9.83. The van der Waals surface area contributed by atoms with Crippen molar-refractivity contribution in [1.82, 2.24) is 0 Å². The SMILES string of the molecule is CCCCCCC1CC=CC=C1c1ccccc1. The highest BCUT2D eigenvalue weighted by atomic mass is 14.2. The first-order chi connectivity index (χ1) is 8.92.